The topological polar surface area (TPSA) is 84.7 Å². The van der Waals surface area contributed by atoms with E-state index in [1.165, 1.54) is 43.4 Å². The fraction of sp³-hybridized carbons (Fsp3) is 0.667. The molecule has 4 fully saturated rings. The van der Waals surface area contributed by atoms with Crippen molar-refractivity contribution in [2.75, 3.05) is 11.9 Å². The van der Waals surface area contributed by atoms with Gasteiger partial charge in [-0.1, -0.05) is 0 Å². The van der Waals surface area contributed by atoms with Crippen molar-refractivity contribution in [3.63, 3.8) is 0 Å². The lowest BCUT2D eigenvalue weighted by Crippen LogP contribution is -2.65. The lowest BCUT2D eigenvalue weighted by molar-refractivity contribution is -0.116. The third-order valence-electron chi connectivity index (χ3n) is 6.47. The van der Waals surface area contributed by atoms with Crippen LogP contribution in [0.25, 0.3) is 0 Å². The molecule has 4 aliphatic rings. The molecule has 0 aromatic carbocycles. The molecule has 6 rings (SSSR count). The molecule has 2 N–H and O–H groups in total. The minimum Gasteiger partial charge on any atom is -0.311 e. The Balaban J connectivity index is 1.25. The summed E-state index contributed by atoms with van der Waals surface area (Å²) in [5.41, 5.74) is 0.272. The van der Waals surface area contributed by atoms with E-state index in [2.05, 4.69) is 30.4 Å². The molecule has 138 valence electrons. The number of rotatable bonds is 6. The number of amides is 1. The van der Waals surface area contributed by atoms with Gasteiger partial charge in [-0.15, -0.1) is 11.3 Å². The highest BCUT2D eigenvalue weighted by atomic mass is 32.1. The van der Waals surface area contributed by atoms with Crippen LogP contribution in [-0.4, -0.2) is 37.7 Å². The number of anilines is 1. The lowest BCUT2D eigenvalue weighted by atomic mass is 9.50. The molecule has 0 aliphatic heterocycles. The molecule has 0 saturated heterocycles. The molecule has 2 aromatic rings. The fourth-order valence-electron chi connectivity index (χ4n) is 6.05. The monoisotopic (exact) mass is 372 g/mol. The summed E-state index contributed by atoms with van der Waals surface area (Å²) in [6.45, 7) is 0.712. The number of nitrogens with one attached hydrogen (secondary N) is 2. The van der Waals surface area contributed by atoms with Gasteiger partial charge in [-0.3, -0.25) is 4.79 Å². The van der Waals surface area contributed by atoms with Gasteiger partial charge in [0, 0.05) is 30.1 Å². The third kappa shape index (κ3) is 2.85. The smallest absolute Gasteiger partial charge is 0.227 e. The zero-order valence-corrected chi connectivity index (χ0v) is 15.5. The van der Waals surface area contributed by atoms with Crippen LogP contribution in [0.2, 0.25) is 0 Å². The average molecular weight is 372 g/mol. The molecular weight excluding hydrogens is 348 g/mol. The maximum atomic E-state index is 12.1. The summed E-state index contributed by atoms with van der Waals surface area (Å²) in [6, 6.07) is 0. The number of carbonyl (C=O) groups is 1. The average Bonchev–Trinajstić information content (AvgIpc) is 3.27. The largest absolute Gasteiger partial charge is 0.311 e. The minimum absolute atomic E-state index is 0.0307. The summed E-state index contributed by atoms with van der Waals surface area (Å²) in [5.74, 6) is 1.55. The van der Waals surface area contributed by atoms with Gasteiger partial charge in [-0.2, -0.15) is 5.10 Å². The van der Waals surface area contributed by atoms with E-state index in [0.29, 0.717) is 18.1 Å². The van der Waals surface area contributed by atoms with Gasteiger partial charge < -0.3 is 10.6 Å². The molecular formula is C18H24N6OS. The van der Waals surface area contributed by atoms with Gasteiger partial charge in [0.25, 0.3) is 0 Å². The zero-order valence-electron chi connectivity index (χ0n) is 14.7. The van der Waals surface area contributed by atoms with Crippen molar-refractivity contribution in [1.82, 2.24) is 25.1 Å². The Kier molecular flexibility index (Phi) is 3.86. The first kappa shape index (κ1) is 16.4. The van der Waals surface area contributed by atoms with E-state index in [1.807, 2.05) is 11.7 Å². The standard InChI is InChI=1S/C18H24N6OS/c25-15(23-16-20-3-4-26-16)1-2-21-17-6-13-5-14(7-17)9-18(8-13,10-17)24-12-19-11-22-24/h3-4,11-14,21H,1-2,5-10H2,(H,20,23,25)/t13-,14-,17?,18?/m1/s1. The molecule has 4 saturated carbocycles. The van der Waals surface area contributed by atoms with E-state index in [1.54, 1.807) is 12.5 Å². The first-order valence-corrected chi connectivity index (χ1v) is 10.3. The van der Waals surface area contributed by atoms with Gasteiger partial charge in [-0.05, 0) is 50.4 Å². The number of thiazole rings is 1. The normalized spacial score (nSPS) is 34.9. The van der Waals surface area contributed by atoms with Crippen molar-refractivity contribution >= 4 is 22.4 Å². The Morgan fingerprint density at radius 3 is 2.85 bits per heavy atom. The summed E-state index contributed by atoms with van der Waals surface area (Å²) in [7, 11) is 0. The Labute approximate surface area is 156 Å². The maximum Gasteiger partial charge on any atom is 0.227 e. The fourth-order valence-corrected chi connectivity index (χ4v) is 6.60. The lowest BCUT2D eigenvalue weighted by Gasteiger charge is -2.62. The van der Waals surface area contributed by atoms with Gasteiger partial charge in [0.1, 0.15) is 12.7 Å². The number of hydrogen-bond donors (Lipinski definition) is 2. The first-order chi connectivity index (χ1) is 12.6. The van der Waals surface area contributed by atoms with Crippen LogP contribution in [0.4, 0.5) is 5.13 Å². The molecule has 0 spiro atoms. The molecule has 2 atom stereocenters. The highest BCUT2D eigenvalue weighted by Crippen LogP contribution is 2.60. The Bertz CT molecular complexity index is 760. The van der Waals surface area contributed by atoms with E-state index < -0.39 is 0 Å². The van der Waals surface area contributed by atoms with Crippen molar-refractivity contribution in [2.45, 2.75) is 56.0 Å². The van der Waals surface area contributed by atoms with Crippen molar-refractivity contribution in [1.29, 1.82) is 0 Å². The molecule has 7 nitrogen and oxygen atoms in total. The number of hydrogen-bond acceptors (Lipinski definition) is 6. The molecule has 1 amide bonds. The van der Waals surface area contributed by atoms with Gasteiger partial charge in [0.05, 0.1) is 5.54 Å². The van der Waals surface area contributed by atoms with E-state index in [-0.39, 0.29) is 17.0 Å². The van der Waals surface area contributed by atoms with Gasteiger partial charge in [-0.25, -0.2) is 14.6 Å². The van der Waals surface area contributed by atoms with Crippen LogP contribution in [0.5, 0.6) is 0 Å². The Morgan fingerprint density at radius 1 is 1.31 bits per heavy atom. The van der Waals surface area contributed by atoms with Crippen LogP contribution < -0.4 is 10.6 Å². The number of nitrogens with zero attached hydrogens (tertiary/aromatic N) is 4. The maximum absolute atomic E-state index is 12.1. The first-order valence-electron chi connectivity index (χ1n) is 9.44. The summed E-state index contributed by atoms with van der Waals surface area (Å²) in [4.78, 5) is 20.4. The third-order valence-corrected chi connectivity index (χ3v) is 7.15. The second kappa shape index (κ2) is 6.13. The summed E-state index contributed by atoms with van der Waals surface area (Å²) >= 11 is 1.45. The second-order valence-corrected chi connectivity index (χ2v) is 9.26. The van der Waals surface area contributed by atoms with Crippen LogP contribution in [0, 0.1) is 11.8 Å². The highest BCUT2D eigenvalue weighted by Gasteiger charge is 2.58. The van der Waals surface area contributed by atoms with Crippen molar-refractivity contribution in [2.24, 2.45) is 11.8 Å². The Morgan fingerprint density at radius 2 is 2.15 bits per heavy atom. The molecule has 4 aliphatic carbocycles. The number of aromatic nitrogens is 4. The summed E-state index contributed by atoms with van der Waals surface area (Å²) < 4.78 is 2.12. The molecule has 2 aromatic heterocycles. The second-order valence-electron chi connectivity index (χ2n) is 8.37. The zero-order chi connectivity index (χ0) is 17.6. The van der Waals surface area contributed by atoms with Gasteiger partial charge >= 0.3 is 0 Å². The molecule has 4 bridgehead atoms. The van der Waals surface area contributed by atoms with E-state index in [4.69, 9.17) is 0 Å². The molecule has 8 heteroatoms. The summed E-state index contributed by atoms with van der Waals surface area (Å²) in [6.07, 6.45) is 13.1. The van der Waals surface area contributed by atoms with Crippen LogP contribution in [0.1, 0.15) is 44.9 Å². The van der Waals surface area contributed by atoms with E-state index >= 15 is 0 Å². The van der Waals surface area contributed by atoms with E-state index in [0.717, 1.165) is 18.3 Å². The molecule has 0 unspecified atom stereocenters. The van der Waals surface area contributed by atoms with Crippen molar-refractivity contribution in [3.05, 3.63) is 24.2 Å². The molecule has 26 heavy (non-hydrogen) atoms. The van der Waals surface area contributed by atoms with Crippen molar-refractivity contribution < 1.29 is 4.79 Å². The SMILES string of the molecule is O=C(CCNC12C[C@H]3C[C@H](C1)CC(n1cncn1)(C3)C2)Nc1nccs1. The van der Waals surface area contributed by atoms with Crippen LogP contribution in [-0.2, 0) is 10.3 Å². The van der Waals surface area contributed by atoms with Crippen molar-refractivity contribution in [3.8, 4) is 0 Å². The predicted octanol–water partition coefficient (Wildman–Crippen LogP) is 2.40. The Hall–Kier alpha value is -1.80. The highest BCUT2D eigenvalue weighted by molar-refractivity contribution is 7.13. The predicted molar refractivity (Wildman–Crippen MR) is 98.8 cm³/mol. The van der Waals surface area contributed by atoms with Gasteiger partial charge in [0.15, 0.2) is 5.13 Å². The van der Waals surface area contributed by atoms with Gasteiger partial charge in [0.2, 0.25) is 5.91 Å². The van der Waals surface area contributed by atoms with Crippen LogP contribution >= 0.6 is 11.3 Å². The molecule has 0 radical (unpaired) electrons. The summed E-state index contributed by atoms with van der Waals surface area (Å²) in [5, 5.41) is 13.7. The number of carbonyl (C=O) groups excluding carboxylic acids is 1. The molecule has 2 heterocycles. The van der Waals surface area contributed by atoms with E-state index in [9.17, 15) is 4.79 Å². The van der Waals surface area contributed by atoms with Crippen LogP contribution in [0.15, 0.2) is 24.2 Å². The quantitative estimate of drug-likeness (QED) is 0.813. The van der Waals surface area contributed by atoms with Crippen LogP contribution in [0.3, 0.4) is 0 Å². The minimum atomic E-state index is 0.0307.